The second-order valence-electron chi connectivity index (χ2n) is 7.40. The van der Waals surface area contributed by atoms with Crippen LogP contribution in [-0.2, 0) is 18.2 Å². The van der Waals surface area contributed by atoms with E-state index in [1.807, 2.05) is 7.05 Å². The summed E-state index contributed by atoms with van der Waals surface area (Å²) in [5.74, 6) is 3.31. The highest BCUT2D eigenvalue weighted by Crippen LogP contribution is 2.43. The lowest BCUT2D eigenvalue weighted by Crippen LogP contribution is -2.10. The SMILES string of the molecule is COC(c1nc(-c2cc(C)cc3c2OCC3)n(-c2nc(Br)nn2C)n1)C1CC1. The van der Waals surface area contributed by atoms with E-state index < -0.39 is 0 Å². The lowest BCUT2D eigenvalue weighted by Gasteiger charge is -2.10. The highest BCUT2D eigenvalue weighted by molar-refractivity contribution is 9.10. The molecule has 1 fully saturated rings. The van der Waals surface area contributed by atoms with Crippen molar-refractivity contribution in [2.24, 2.45) is 13.0 Å². The molecule has 0 spiro atoms. The number of methoxy groups -OCH3 is 1. The van der Waals surface area contributed by atoms with Gasteiger partial charge in [0.05, 0.1) is 12.2 Å². The Labute approximate surface area is 171 Å². The lowest BCUT2D eigenvalue weighted by atomic mass is 10.0. The van der Waals surface area contributed by atoms with Crippen LogP contribution in [-0.4, -0.2) is 43.2 Å². The van der Waals surface area contributed by atoms with E-state index in [1.165, 1.54) is 11.1 Å². The quantitative estimate of drug-likeness (QED) is 0.601. The molecule has 9 heteroatoms. The van der Waals surface area contributed by atoms with Gasteiger partial charge in [-0.25, -0.2) is 9.67 Å². The van der Waals surface area contributed by atoms with Crippen molar-refractivity contribution in [2.45, 2.75) is 32.3 Å². The third-order valence-corrected chi connectivity index (χ3v) is 5.59. The van der Waals surface area contributed by atoms with Gasteiger partial charge in [-0.3, -0.25) is 0 Å². The van der Waals surface area contributed by atoms with Crippen LogP contribution in [0.15, 0.2) is 16.9 Å². The number of aryl methyl sites for hydroxylation is 2. The number of ether oxygens (including phenoxy) is 2. The molecule has 0 amide bonds. The fraction of sp³-hybridized carbons (Fsp3) is 0.474. The molecular formula is C19H21BrN6O2. The van der Waals surface area contributed by atoms with Crippen molar-refractivity contribution in [1.82, 2.24) is 29.5 Å². The van der Waals surface area contributed by atoms with Gasteiger partial charge in [-0.05, 0) is 58.8 Å². The predicted octanol–water partition coefficient (Wildman–Crippen LogP) is 3.17. The number of rotatable bonds is 5. The van der Waals surface area contributed by atoms with Crippen LogP contribution in [0, 0.1) is 12.8 Å². The Kier molecular flexibility index (Phi) is 4.24. The Morgan fingerprint density at radius 1 is 1.25 bits per heavy atom. The minimum Gasteiger partial charge on any atom is -0.492 e. The number of hydrogen-bond acceptors (Lipinski definition) is 6. The van der Waals surface area contributed by atoms with Crippen LogP contribution < -0.4 is 4.74 Å². The minimum absolute atomic E-state index is 0.115. The Morgan fingerprint density at radius 3 is 2.75 bits per heavy atom. The molecule has 8 nitrogen and oxygen atoms in total. The smallest absolute Gasteiger partial charge is 0.251 e. The van der Waals surface area contributed by atoms with Crippen molar-refractivity contribution < 1.29 is 9.47 Å². The van der Waals surface area contributed by atoms with E-state index in [2.05, 4.69) is 45.1 Å². The molecule has 0 radical (unpaired) electrons. The van der Waals surface area contributed by atoms with Crippen LogP contribution in [0.2, 0.25) is 0 Å². The number of halogens is 1. The van der Waals surface area contributed by atoms with E-state index in [4.69, 9.17) is 19.6 Å². The monoisotopic (exact) mass is 444 g/mol. The van der Waals surface area contributed by atoms with E-state index in [9.17, 15) is 0 Å². The zero-order valence-electron chi connectivity index (χ0n) is 16.0. The molecule has 1 aromatic carbocycles. The summed E-state index contributed by atoms with van der Waals surface area (Å²) in [4.78, 5) is 9.40. The summed E-state index contributed by atoms with van der Waals surface area (Å²) in [6, 6.07) is 4.27. The summed E-state index contributed by atoms with van der Waals surface area (Å²) in [6.45, 7) is 2.77. The molecule has 146 valence electrons. The van der Waals surface area contributed by atoms with E-state index in [-0.39, 0.29) is 6.10 Å². The van der Waals surface area contributed by atoms with E-state index in [0.717, 1.165) is 30.6 Å². The number of nitrogens with zero attached hydrogens (tertiary/aromatic N) is 6. The Hall–Kier alpha value is -2.26. The fourth-order valence-corrected chi connectivity index (χ4v) is 4.23. The first-order chi connectivity index (χ1) is 13.5. The fourth-order valence-electron chi connectivity index (χ4n) is 3.83. The molecule has 2 aliphatic rings. The summed E-state index contributed by atoms with van der Waals surface area (Å²) < 4.78 is 15.6. The van der Waals surface area contributed by atoms with Gasteiger partial charge in [0.1, 0.15) is 11.9 Å². The average Bonchev–Trinajstić information content (AvgIpc) is 3.07. The average molecular weight is 445 g/mol. The van der Waals surface area contributed by atoms with Gasteiger partial charge >= 0.3 is 0 Å². The van der Waals surface area contributed by atoms with Crippen LogP contribution in [0.5, 0.6) is 5.75 Å². The van der Waals surface area contributed by atoms with E-state index in [0.29, 0.717) is 34.9 Å². The van der Waals surface area contributed by atoms with Gasteiger partial charge in [0.2, 0.25) is 4.73 Å². The molecule has 1 unspecified atom stereocenters. The molecule has 5 rings (SSSR count). The summed E-state index contributed by atoms with van der Waals surface area (Å²) in [5, 5.41) is 9.10. The topological polar surface area (TPSA) is 79.9 Å². The van der Waals surface area contributed by atoms with Gasteiger partial charge in [0.25, 0.3) is 5.95 Å². The summed E-state index contributed by atoms with van der Waals surface area (Å²) in [7, 11) is 3.56. The van der Waals surface area contributed by atoms with Crippen molar-refractivity contribution >= 4 is 15.9 Å². The van der Waals surface area contributed by atoms with Gasteiger partial charge in [-0.1, -0.05) is 6.07 Å². The largest absolute Gasteiger partial charge is 0.492 e. The molecule has 1 atom stereocenters. The van der Waals surface area contributed by atoms with Gasteiger partial charge < -0.3 is 9.47 Å². The van der Waals surface area contributed by atoms with Gasteiger partial charge in [0, 0.05) is 20.6 Å². The second kappa shape index (κ2) is 6.66. The maximum atomic E-state index is 5.96. The maximum Gasteiger partial charge on any atom is 0.251 e. The summed E-state index contributed by atoms with van der Waals surface area (Å²) in [5.41, 5.74) is 3.30. The molecule has 1 saturated carbocycles. The highest BCUT2D eigenvalue weighted by Gasteiger charge is 2.36. The van der Waals surface area contributed by atoms with Crippen molar-refractivity contribution in [3.05, 3.63) is 33.8 Å². The molecule has 0 bridgehead atoms. The Balaban J connectivity index is 1.73. The van der Waals surface area contributed by atoms with Crippen molar-refractivity contribution in [2.75, 3.05) is 13.7 Å². The third-order valence-electron chi connectivity index (χ3n) is 5.25. The van der Waals surface area contributed by atoms with Crippen molar-refractivity contribution in [3.8, 4) is 23.1 Å². The van der Waals surface area contributed by atoms with Crippen LogP contribution in [0.1, 0.15) is 35.9 Å². The number of aromatic nitrogens is 6. The second-order valence-corrected chi connectivity index (χ2v) is 8.11. The van der Waals surface area contributed by atoms with Crippen molar-refractivity contribution in [3.63, 3.8) is 0 Å². The molecular weight excluding hydrogens is 424 g/mol. The molecule has 0 saturated heterocycles. The zero-order valence-corrected chi connectivity index (χ0v) is 17.6. The van der Waals surface area contributed by atoms with Crippen LogP contribution >= 0.6 is 15.9 Å². The third kappa shape index (κ3) is 2.93. The first kappa shape index (κ1) is 17.8. The number of benzene rings is 1. The predicted molar refractivity (Wildman–Crippen MR) is 105 cm³/mol. The molecule has 28 heavy (non-hydrogen) atoms. The molecule has 1 aliphatic heterocycles. The zero-order chi connectivity index (χ0) is 19.4. The summed E-state index contributed by atoms with van der Waals surface area (Å²) in [6.07, 6.45) is 3.07. The Bertz CT molecular complexity index is 1060. The van der Waals surface area contributed by atoms with E-state index in [1.54, 1.807) is 16.5 Å². The van der Waals surface area contributed by atoms with Crippen molar-refractivity contribution in [1.29, 1.82) is 0 Å². The molecule has 3 heterocycles. The number of hydrogen-bond donors (Lipinski definition) is 0. The first-order valence-electron chi connectivity index (χ1n) is 9.38. The maximum absolute atomic E-state index is 5.96. The standard InChI is InChI=1S/C19H21BrN6O2/c1-10-8-12-6-7-28-14(12)13(9-10)17-21-16(15(27-3)11-4-5-11)23-26(17)19-22-18(20)24-25(19)2/h8-9,11,15H,4-7H2,1-3H3. The van der Waals surface area contributed by atoms with Crippen LogP contribution in [0.4, 0.5) is 0 Å². The van der Waals surface area contributed by atoms with Gasteiger partial charge in [0.15, 0.2) is 11.6 Å². The molecule has 1 aliphatic carbocycles. The molecule has 0 N–H and O–H groups in total. The van der Waals surface area contributed by atoms with E-state index >= 15 is 0 Å². The first-order valence-corrected chi connectivity index (χ1v) is 10.2. The van der Waals surface area contributed by atoms with Crippen LogP contribution in [0.3, 0.4) is 0 Å². The minimum atomic E-state index is -0.115. The Morgan fingerprint density at radius 2 is 2.07 bits per heavy atom. The molecule has 2 aromatic heterocycles. The normalized spacial score (nSPS) is 16.9. The molecule has 3 aromatic rings. The van der Waals surface area contributed by atoms with Gasteiger partial charge in [-0.15, -0.1) is 10.2 Å². The van der Waals surface area contributed by atoms with Gasteiger partial charge in [-0.2, -0.15) is 9.67 Å². The summed E-state index contributed by atoms with van der Waals surface area (Å²) >= 11 is 3.35. The highest BCUT2D eigenvalue weighted by atomic mass is 79.9. The lowest BCUT2D eigenvalue weighted by molar-refractivity contribution is 0.0773. The number of fused-ring (bicyclic) bond motifs is 1. The van der Waals surface area contributed by atoms with Crippen LogP contribution in [0.25, 0.3) is 17.3 Å².